The lowest BCUT2D eigenvalue weighted by Gasteiger charge is -2.34. The first-order valence-electron chi connectivity index (χ1n) is 9.93. The van der Waals surface area contributed by atoms with Gasteiger partial charge in [0.1, 0.15) is 11.5 Å². The summed E-state index contributed by atoms with van der Waals surface area (Å²) in [4.78, 5) is 34.7. The quantitative estimate of drug-likeness (QED) is 0.876. The molecule has 0 aromatic carbocycles. The molecule has 6 nitrogen and oxygen atoms in total. The van der Waals surface area contributed by atoms with Crippen LogP contribution in [0.15, 0.2) is 6.07 Å². The van der Waals surface area contributed by atoms with E-state index in [0.717, 1.165) is 38.0 Å². The number of aryl methyl sites for hydroxylation is 1. The maximum Gasteiger partial charge on any atom is 0.267 e. The monoisotopic (exact) mass is 358 g/mol. The van der Waals surface area contributed by atoms with Crippen molar-refractivity contribution in [2.45, 2.75) is 64.7 Å². The lowest BCUT2D eigenvalue weighted by molar-refractivity contribution is -0.134. The maximum atomic E-state index is 12.7. The molecule has 1 saturated heterocycles. The molecule has 0 radical (unpaired) electrons. The van der Waals surface area contributed by atoms with E-state index in [1.54, 1.807) is 13.0 Å². The minimum absolute atomic E-state index is 0.272. The Bertz CT molecular complexity index is 655. The van der Waals surface area contributed by atoms with Gasteiger partial charge in [0, 0.05) is 25.2 Å². The van der Waals surface area contributed by atoms with Crippen molar-refractivity contribution in [1.82, 2.24) is 14.9 Å². The largest absolute Gasteiger partial charge is 0.364 e. The van der Waals surface area contributed by atoms with Crippen LogP contribution in [0.25, 0.3) is 0 Å². The summed E-state index contributed by atoms with van der Waals surface area (Å²) >= 11 is 0. The van der Waals surface area contributed by atoms with E-state index in [-0.39, 0.29) is 5.69 Å². The van der Waals surface area contributed by atoms with Gasteiger partial charge in [-0.1, -0.05) is 19.3 Å². The molecule has 2 N–H and O–H groups in total. The fourth-order valence-electron chi connectivity index (χ4n) is 4.38. The van der Waals surface area contributed by atoms with Crippen molar-refractivity contribution in [1.29, 1.82) is 0 Å². The highest BCUT2D eigenvalue weighted by Gasteiger charge is 2.26. The fraction of sp³-hybridized carbons (Fsp3) is 0.700. The van der Waals surface area contributed by atoms with Gasteiger partial charge in [-0.15, -0.1) is 0 Å². The van der Waals surface area contributed by atoms with Crippen LogP contribution in [0.3, 0.4) is 0 Å². The van der Waals surface area contributed by atoms with Crippen molar-refractivity contribution in [2.24, 2.45) is 17.6 Å². The number of rotatable bonds is 5. The van der Waals surface area contributed by atoms with Crippen LogP contribution in [0.1, 0.15) is 73.4 Å². The Kier molecular flexibility index (Phi) is 6.22. The second-order valence-corrected chi connectivity index (χ2v) is 7.92. The van der Waals surface area contributed by atoms with E-state index in [1.165, 1.54) is 32.1 Å². The number of primary amides is 1. The van der Waals surface area contributed by atoms with Crippen LogP contribution in [0, 0.1) is 18.8 Å². The smallest absolute Gasteiger partial charge is 0.267 e. The van der Waals surface area contributed by atoms with Crippen LogP contribution in [-0.4, -0.2) is 39.8 Å². The number of amides is 2. The van der Waals surface area contributed by atoms with Crippen molar-refractivity contribution in [3.05, 3.63) is 23.3 Å². The molecule has 2 heterocycles. The highest BCUT2D eigenvalue weighted by Crippen LogP contribution is 2.28. The summed E-state index contributed by atoms with van der Waals surface area (Å²) < 4.78 is 0. The average Bonchev–Trinajstić information content (AvgIpc) is 2.62. The Labute approximate surface area is 155 Å². The zero-order valence-electron chi connectivity index (χ0n) is 15.7. The second kappa shape index (κ2) is 8.60. The normalized spacial score (nSPS) is 21.6. The SMILES string of the molecule is Cc1nc(C[C@H]2CCCN(C(=O)CC3CCCCC3)C2)cc(C(N)=O)n1. The van der Waals surface area contributed by atoms with Gasteiger partial charge in [-0.25, -0.2) is 9.97 Å². The molecule has 1 aromatic heterocycles. The second-order valence-electron chi connectivity index (χ2n) is 7.92. The molecule has 1 aromatic rings. The predicted octanol–water partition coefficient (Wildman–Crippen LogP) is 2.64. The molecule has 1 saturated carbocycles. The molecule has 0 unspecified atom stereocenters. The standard InChI is InChI=1S/C20H30N4O2/c1-14-22-17(12-18(23-14)20(21)26)10-16-8-5-9-24(13-16)19(25)11-15-6-3-2-4-7-15/h12,15-16H,2-11,13H2,1H3,(H2,21,26)/t16-/m1/s1. The predicted molar refractivity (Wildman–Crippen MR) is 99.5 cm³/mol. The van der Waals surface area contributed by atoms with E-state index in [2.05, 4.69) is 9.97 Å². The minimum Gasteiger partial charge on any atom is -0.364 e. The van der Waals surface area contributed by atoms with E-state index >= 15 is 0 Å². The summed E-state index contributed by atoms with van der Waals surface area (Å²) in [5, 5.41) is 0. The summed E-state index contributed by atoms with van der Waals surface area (Å²) in [6, 6.07) is 1.69. The zero-order chi connectivity index (χ0) is 18.5. The molecule has 0 bridgehead atoms. The Morgan fingerprint density at radius 1 is 1.12 bits per heavy atom. The molecule has 2 amide bonds. The molecule has 142 valence electrons. The average molecular weight is 358 g/mol. The zero-order valence-corrected chi connectivity index (χ0v) is 15.7. The number of piperidine rings is 1. The van der Waals surface area contributed by atoms with Crippen LogP contribution < -0.4 is 5.73 Å². The number of hydrogen-bond donors (Lipinski definition) is 1. The van der Waals surface area contributed by atoms with Crippen molar-refractivity contribution < 1.29 is 9.59 Å². The highest BCUT2D eigenvalue weighted by molar-refractivity contribution is 5.90. The first-order valence-corrected chi connectivity index (χ1v) is 9.93. The Balaban J connectivity index is 1.58. The first-order chi connectivity index (χ1) is 12.5. The number of carbonyl (C=O) groups is 2. The van der Waals surface area contributed by atoms with Crippen LogP contribution in [0.4, 0.5) is 0 Å². The number of carbonyl (C=O) groups excluding carboxylic acids is 2. The number of aromatic nitrogens is 2. The first kappa shape index (κ1) is 18.8. The molecule has 6 heteroatoms. The summed E-state index contributed by atoms with van der Waals surface area (Å²) in [7, 11) is 0. The fourth-order valence-corrected chi connectivity index (χ4v) is 4.38. The maximum absolute atomic E-state index is 12.7. The highest BCUT2D eigenvalue weighted by atomic mass is 16.2. The molecular weight excluding hydrogens is 328 g/mol. The van der Waals surface area contributed by atoms with Crippen molar-refractivity contribution in [2.75, 3.05) is 13.1 Å². The Morgan fingerprint density at radius 2 is 1.85 bits per heavy atom. The van der Waals surface area contributed by atoms with Crippen LogP contribution >= 0.6 is 0 Å². The molecule has 1 atom stereocenters. The van der Waals surface area contributed by atoms with E-state index in [4.69, 9.17) is 5.73 Å². The third-order valence-corrected chi connectivity index (χ3v) is 5.70. The van der Waals surface area contributed by atoms with E-state index in [9.17, 15) is 9.59 Å². The molecule has 0 spiro atoms. The Morgan fingerprint density at radius 3 is 2.58 bits per heavy atom. The van der Waals surface area contributed by atoms with Crippen molar-refractivity contribution in [3.63, 3.8) is 0 Å². The summed E-state index contributed by atoms with van der Waals surface area (Å²) in [5.41, 5.74) is 6.47. The molecule has 2 aliphatic rings. The van der Waals surface area contributed by atoms with Crippen molar-refractivity contribution in [3.8, 4) is 0 Å². The van der Waals surface area contributed by atoms with Gasteiger partial charge in [0.15, 0.2) is 0 Å². The lowest BCUT2D eigenvalue weighted by Crippen LogP contribution is -2.41. The van der Waals surface area contributed by atoms with E-state index in [0.29, 0.717) is 30.0 Å². The third-order valence-electron chi connectivity index (χ3n) is 5.70. The lowest BCUT2D eigenvalue weighted by atomic mass is 9.86. The van der Waals surface area contributed by atoms with Gasteiger partial charge in [-0.05, 0) is 56.9 Å². The van der Waals surface area contributed by atoms with Gasteiger partial charge < -0.3 is 10.6 Å². The molecule has 1 aliphatic carbocycles. The van der Waals surface area contributed by atoms with Gasteiger partial charge in [0.2, 0.25) is 5.91 Å². The third kappa shape index (κ3) is 5.02. The Hall–Kier alpha value is -1.98. The molecule has 26 heavy (non-hydrogen) atoms. The van der Waals surface area contributed by atoms with Gasteiger partial charge in [-0.3, -0.25) is 9.59 Å². The molecular formula is C20H30N4O2. The van der Waals surface area contributed by atoms with Crippen molar-refractivity contribution >= 4 is 11.8 Å². The summed E-state index contributed by atoms with van der Waals surface area (Å²) in [6.07, 6.45) is 9.88. The minimum atomic E-state index is -0.523. The molecule has 3 rings (SSSR count). The summed E-state index contributed by atoms with van der Waals surface area (Å²) in [6.45, 7) is 3.44. The van der Waals surface area contributed by atoms with E-state index < -0.39 is 5.91 Å². The summed E-state index contributed by atoms with van der Waals surface area (Å²) in [5.74, 6) is 1.33. The topological polar surface area (TPSA) is 89.2 Å². The van der Waals surface area contributed by atoms with Gasteiger partial charge >= 0.3 is 0 Å². The molecule has 1 aliphatic heterocycles. The number of nitrogens with two attached hydrogens (primary N) is 1. The van der Waals surface area contributed by atoms with Gasteiger partial charge in [-0.2, -0.15) is 0 Å². The van der Waals surface area contributed by atoms with Crippen LogP contribution in [0.5, 0.6) is 0 Å². The van der Waals surface area contributed by atoms with Gasteiger partial charge in [0.25, 0.3) is 5.91 Å². The van der Waals surface area contributed by atoms with E-state index in [1.807, 2.05) is 4.90 Å². The van der Waals surface area contributed by atoms with Crippen LogP contribution in [0.2, 0.25) is 0 Å². The number of likely N-dealkylation sites (tertiary alicyclic amines) is 1. The molecule has 2 fully saturated rings. The number of nitrogens with zero attached hydrogens (tertiary/aromatic N) is 3. The van der Waals surface area contributed by atoms with Gasteiger partial charge in [0.05, 0.1) is 0 Å². The van der Waals surface area contributed by atoms with Crippen LogP contribution in [-0.2, 0) is 11.2 Å². The number of hydrogen-bond acceptors (Lipinski definition) is 4.